The van der Waals surface area contributed by atoms with Crippen molar-refractivity contribution in [2.24, 2.45) is 0 Å². The first kappa shape index (κ1) is 29.5. The van der Waals surface area contributed by atoms with Gasteiger partial charge in [-0.25, -0.2) is 0 Å². The van der Waals surface area contributed by atoms with Gasteiger partial charge in [-0.3, -0.25) is 16.0 Å². The standard InChI is InChI=1S/C46H33N3O3/c1-2-10-27(11-3-1)44-47-45(30-21-23-40-37(24-30)33-14-5-7-19-39(33)50-40)49-46(48-44)36-17-9-16-35-34-22-20-29(26-42(34)52-43(35)36)32-15-8-12-28-25-41(32)51-38-18-6-4-13-31(28)38/h1-26,28,44-49H. The molecule has 0 spiro atoms. The molecule has 8 aromatic rings. The van der Waals surface area contributed by atoms with Crippen molar-refractivity contribution in [1.82, 2.24) is 16.0 Å². The molecule has 6 nitrogen and oxygen atoms in total. The Labute approximate surface area is 299 Å². The van der Waals surface area contributed by atoms with Crippen LogP contribution >= 0.6 is 0 Å². The van der Waals surface area contributed by atoms with E-state index in [1.54, 1.807) is 0 Å². The van der Waals surface area contributed by atoms with Crippen molar-refractivity contribution in [3.63, 3.8) is 0 Å². The van der Waals surface area contributed by atoms with Crippen LogP contribution in [0.1, 0.15) is 52.2 Å². The number of furan rings is 2. The minimum Gasteiger partial charge on any atom is -0.457 e. The molecular formula is C46H33N3O3. The fourth-order valence-corrected chi connectivity index (χ4v) is 8.14. The maximum Gasteiger partial charge on any atom is 0.141 e. The lowest BCUT2D eigenvalue weighted by Gasteiger charge is -2.39. The third-order valence-electron chi connectivity index (χ3n) is 10.7. The summed E-state index contributed by atoms with van der Waals surface area (Å²) in [6.07, 6.45) is 8.22. The van der Waals surface area contributed by atoms with Crippen LogP contribution in [-0.4, -0.2) is 0 Å². The van der Waals surface area contributed by atoms with Crippen molar-refractivity contribution in [3.05, 3.63) is 191 Å². The molecule has 1 fully saturated rings. The summed E-state index contributed by atoms with van der Waals surface area (Å²) in [5.74, 6) is 1.96. The number of para-hydroxylation sites is 3. The summed E-state index contributed by atoms with van der Waals surface area (Å²) < 4.78 is 19.4. The minimum atomic E-state index is -0.218. The predicted molar refractivity (Wildman–Crippen MR) is 207 cm³/mol. The van der Waals surface area contributed by atoms with E-state index < -0.39 is 0 Å². The number of ether oxygens (including phenoxy) is 1. The van der Waals surface area contributed by atoms with Crippen LogP contribution in [0.5, 0.6) is 5.75 Å². The molecular weight excluding hydrogens is 643 g/mol. The van der Waals surface area contributed by atoms with E-state index in [-0.39, 0.29) is 24.4 Å². The third-order valence-corrected chi connectivity index (χ3v) is 10.7. The third kappa shape index (κ3) is 4.77. The Hall–Kier alpha value is -6.18. The van der Waals surface area contributed by atoms with Crippen LogP contribution in [0.15, 0.2) is 172 Å². The Kier molecular flexibility index (Phi) is 6.64. The zero-order valence-electron chi connectivity index (χ0n) is 28.0. The second kappa shape index (κ2) is 11.7. The van der Waals surface area contributed by atoms with E-state index in [1.807, 2.05) is 24.3 Å². The topological polar surface area (TPSA) is 71.6 Å². The average molecular weight is 676 g/mol. The Morgan fingerprint density at radius 2 is 1.25 bits per heavy atom. The second-order valence-corrected chi connectivity index (χ2v) is 13.8. The molecule has 3 aliphatic rings. The summed E-state index contributed by atoms with van der Waals surface area (Å²) in [6, 6.07) is 46.4. The summed E-state index contributed by atoms with van der Waals surface area (Å²) in [6.45, 7) is 0. The van der Waals surface area contributed by atoms with Gasteiger partial charge in [0.05, 0.1) is 18.5 Å². The van der Waals surface area contributed by atoms with E-state index in [4.69, 9.17) is 13.6 Å². The molecule has 4 unspecified atom stereocenters. The van der Waals surface area contributed by atoms with Crippen LogP contribution in [0, 0.1) is 0 Å². The molecule has 0 amide bonds. The van der Waals surface area contributed by atoms with Crippen LogP contribution in [-0.2, 0) is 0 Å². The molecule has 0 radical (unpaired) electrons. The first-order valence-corrected chi connectivity index (χ1v) is 17.8. The normalized spacial score (nSPS) is 21.2. The van der Waals surface area contributed by atoms with Gasteiger partial charge in [-0.2, -0.15) is 0 Å². The van der Waals surface area contributed by atoms with Gasteiger partial charge in [-0.1, -0.05) is 115 Å². The summed E-state index contributed by atoms with van der Waals surface area (Å²) in [7, 11) is 0. The van der Waals surface area contributed by atoms with E-state index in [9.17, 15) is 0 Å². The number of allylic oxidation sites excluding steroid dienone is 5. The van der Waals surface area contributed by atoms with Crippen molar-refractivity contribution >= 4 is 49.5 Å². The van der Waals surface area contributed by atoms with Crippen LogP contribution in [0.2, 0.25) is 0 Å². The van der Waals surface area contributed by atoms with Gasteiger partial charge >= 0.3 is 0 Å². The lowest BCUT2D eigenvalue weighted by molar-refractivity contribution is 0.203. The smallest absolute Gasteiger partial charge is 0.141 e. The largest absolute Gasteiger partial charge is 0.457 e. The van der Waals surface area contributed by atoms with Gasteiger partial charge < -0.3 is 13.6 Å². The van der Waals surface area contributed by atoms with Crippen LogP contribution in [0.25, 0.3) is 49.5 Å². The molecule has 11 rings (SSSR count). The number of benzene rings is 6. The highest BCUT2D eigenvalue weighted by Gasteiger charge is 2.32. The molecule has 0 saturated carbocycles. The maximum absolute atomic E-state index is 6.82. The van der Waals surface area contributed by atoms with E-state index in [0.717, 1.165) is 83.2 Å². The molecule has 6 heteroatoms. The van der Waals surface area contributed by atoms with Crippen molar-refractivity contribution in [2.45, 2.75) is 24.4 Å². The first-order chi connectivity index (χ1) is 25.7. The summed E-state index contributed by atoms with van der Waals surface area (Å²) in [4.78, 5) is 0. The molecule has 2 bridgehead atoms. The van der Waals surface area contributed by atoms with Gasteiger partial charge in [0.2, 0.25) is 0 Å². The zero-order chi connectivity index (χ0) is 34.2. The summed E-state index contributed by atoms with van der Waals surface area (Å²) in [5.41, 5.74) is 10.1. The summed E-state index contributed by atoms with van der Waals surface area (Å²) in [5, 5.41) is 15.9. The average Bonchev–Trinajstić information content (AvgIpc) is 3.71. The molecule has 52 heavy (non-hydrogen) atoms. The lowest BCUT2D eigenvalue weighted by atomic mass is 9.93. The second-order valence-electron chi connectivity index (χ2n) is 13.8. The van der Waals surface area contributed by atoms with Gasteiger partial charge in [0.1, 0.15) is 33.8 Å². The van der Waals surface area contributed by atoms with Gasteiger partial charge in [-0.05, 0) is 59.2 Å². The maximum atomic E-state index is 6.82. The molecule has 250 valence electrons. The number of hydrogen-bond acceptors (Lipinski definition) is 6. The minimum absolute atomic E-state index is 0.117. The molecule has 4 atom stereocenters. The van der Waals surface area contributed by atoms with Gasteiger partial charge in [-0.15, -0.1) is 0 Å². The molecule has 6 aromatic carbocycles. The van der Waals surface area contributed by atoms with Crippen molar-refractivity contribution in [2.75, 3.05) is 0 Å². The SMILES string of the molecule is C1=CC2C=C(Oc3ccccc32)C(c2ccc3c(c2)oc2c(C4NC(c5ccccc5)NC(c5ccc6oc7ccccc7c6c5)N4)cccc23)=C1. The Morgan fingerprint density at radius 1 is 0.500 bits per heavy atom. The van der Waals surface area contributed by atoms with E-state index in [1.165, 1.54) is 5.56 Å². The van der Waals surface area contributed by atoms with Crippen LogP contribution < -0.4 is 20.7 Å². The number of hydrogen-bond donors (Lipinski definition) is 3. The zero-order valence-corrected chi connectivity index (χ0v) is 28.0. The van der Waals surface area contributed by atoms with E-state index in [2.05, 4.69) is 149 Å². The molecule has 1 aliphatic carbocycles. The van der Waals surface area contributed by atoms with Crippen LogP contribution in [0.3, 0.4) is 0 Å². The number of fused-ring (bicyclic) bond motifs is 9. The highest BCUT2D eigenvalue weighted by atomic mass is 16.5. The predicted octanol–water partition coefficient (Wildman–Crippen LogP) is 10.7. The van der Waals surface area contributed by atoms with E-state index in [0.29, 0.717) is 0 Å². The Bertz CT molecular complexity index is 2790. The van der Waals surface area contributed by atoms with E-state index >= 15 is 0 Å². The molecule has 2 aromatic heterocycles. The molecule has 4 heterocycles. The van der Waals surface area contributed by atoms with Gasteiger partial charge in [0, 0.05) is 44.2 Å². The highest BCUT2D eigenvalue weighted by molar-refractivity contribution is 6.07. The Balaban J connectivity index is 0.983. The van der Waals surface area contributed by atoms with Crippen molar-refractivity contribution < 1.29 is 13.6 Å². The monoisotopic (exact) mass is 675 g/mol. The quantitative estimate of drug-likeness (QED) is 0.172. The van der Waals surface area contributed by atoms with Gasteiger partial charge in [0.25, 0.3) is 0 Å². The molecule has 2 aliphatic heterocycles. The first-order valence-electron chi connectivity index (χ1n) is 17.8. The number of nitrogens with one attached hydrogen (secondary N) is 3. The fourth-order valence-electron chi connectivity index (χ4n) is 8.14. The molecule has 1 saturated heterocycles. The fraction of sp³-hybridized carbons (Fsp3) is 0.0870. The molecule has 3 N–H and O–H groups in total. The lowest BCUT2D eigenvalue weighted by Crippen LogP contribution is -2.54. The summed E-state index contributed by atoms with van der Waals surface area (Å²) >= 11 is 0. The van der Waals surface area contributed by atoms with Crippen molar-refractivity contribution in [3.8, 4) is 5.75 Å². The van der Waals surface area contributed by atoms with Gasteiger partial charge in [0.15, 0.2) is 0 Å². The number of rotatable bonds is 4. The van der Waals surface area contributed by atoms with Crippen LogP contribution in [0.4, 0.5) is 0 Å². The van der Waals surface area contributed by atoms with Crippen molar-refractivity contribution in [1.29, 1.82) is 0 Å². The highest BCUT2D eigenvalue weighted by Crippen LogP contribution is 2.43. The Morgan fingerprint density at radius 3 is 2.19 bits per heavy atom.